The van der Waals surface area contributed by atoms with Crippen LogP contribution in [0.25, 0.3) is 0 Å². The number of nitriles is 1. The summed E-state index contributed by atoms with van der Waals surface area (Å²) in [5, 5.41) is 10.6. The molecule has 0 aliphatic carbocycles. The van der Waals surface area contributed by atoms with Gasteiger partial charge in [-0.1, -0.05) is 30.3 Å². The van der Waals surface area contributed by atoms with Gasteiger partial charge in [-0.2, -0.15) is 5.26 Å². The molecule has 1 heterocycles. The highest BCUT2D eigenvalue weighted by atomic mass is 28.4. The van der Waals surface area contributed by atoms with E-state index in [1.54, 1.807) is 35.5 Å². The molecule has 1 aliphatic heterocycles. The molecule has 0 radical (unpaired) electrons. The van der Waals surface area contributed by atoms with Crippen molar-refractivity contribution in [3.63, 3.8) is 0 Å². The third-order valence-corrected chi connectivity index (χ3v) is 8.41. The molecule has 1 unspecified atom stereocenters. The van der Waals surface area contributed by atoms with Crippen molar-refractivity contribution < 1.29 is 28.1 Å². The first-order chi connectivity index (χ1) is 19.7. The first kappa shape index (κ1) is 30.3. The summed E-state index contributed by atoms with van der Waals surface area (Å²) in [5.74, 6) is 2.83. The Hall–Kier alpha value is -3.71. The third kappa shape index (κ3) is 6.30. The molecule has 0 amide bonds. The van der Waals surface area contributed by atoms with Gasteiger partial charge in [-0.05, 0) is 66.2 Å². The molecule has 0 aromatic heterocycles. The zero-order valence-corrected chi connectivity index (χ0v) is 26.2. The van der Waals surface area contributed by atoms with Crippen molar-refractivity contribution in [3.05, 3.63) is 76.9 Å². The van der Waals surface area contributed by atoms with Crippen molar-refractivity contribution in [2.75, 3.05) is 42.2 Å². The minimum Gasteiger partial charge on any atom is -0.493 e. The second kappa shape index (κ2) is 12.9. The fraction of sp³-hybridized carbons (Fsp3) is 0.406. The molecule has 1 aliphatic rings. The summed E-state index contributed by atoms with van der Waals surface area (Å²) in [4.78, 5) is 2.27. The predicted molar refractivity (Wildman–Crippen MR) is 161 cm³/mol. The van der Waals surface area contributed by atoms with Crippen molar-refractivity contribution in [2.45, 2.75) is 44.2 Å². The zero-order chi connectivity index (χ0) is 29.7. The van der Waals surface area contributed by atoms with Crippen LogP contribution in [0.5, 0.6) is 28.7 Å². The van der Waals surface area contributed by atoms with Crippen LogP contribution in [0.3, 0.4) is 0 Å². The number of hydrogen-bond acceptors (Lipinski definition) is 8. The van der Waals surface area contributed by atoms with E-state index in [4.69, 9.17) is 28.1 Å². The van der Waals surface area contributed by atoms with E-state index in [0.717, 1.165) is 22.3 Å². The van der Waals surface area contributed by atoms with Crippen molar-refractivity contribution >= 4 is 8.32 Å². The number of hydrogen-bond donors (Lipinski definition) is 0. The summed E-state index contributed by atoms with van der Waals surface area (Å²) in [5.41, 5.74) is 3.99. The van der Waals surface area contributed by atoms with Gasteiger partial charge in [0.25, 0.3) is 0 Å². The van der Waals surface area contributed by atoms with Crippen LogP contribution in [-0.4, -0.2) is 61.4 Å². The number of rotatable bonds is 11. The largest absolute Gasteiger partial charge is 0.493 e. The van der Waals surface area contributed by atoms with E-state index < -0.39 is 14.4 Å². The highest BCUT2D eigenvalue weighted by Crippen LogP contribution is 2.49. The Bertz CT molecular complexity index is 1360. The summed E-state index contributed by atoms with van der Waals surface area (Å²) >= 11 is 0. The third-order valence-electron chi connectivity index (χ3n) is 7.38. The van der Waals surface area contributed by atoms with E-state index in [-0.39, 0.29) is 12.1 Å². The smallest absolute Gasteiger partial charge is 0.203 e. The van der Waals surface area contributed by atoms with Crippen LogP contribution < -0.4 is 23.7 Å². The van der Waals surface area contributed by atoms with Crippen LogP contribution in [0.1, 0.15) is 34.3 Å². The highest BCUT2D eigenvalue weighted by molar-refractivity contribution is 6.69. The normalized spacial score (nSPS) is 17.6. The van der Waals surface area contributed by atoms with E-state index >= 15 is 0 Å². The van der Waals surface area contributed by atoms with Crippen LogP contribution in [0.2, 0.25) is 19.6 Å². The fourth-order valence-corrected chi connectivity index (χ4v) is 6.16. The summed E-state index contributed by atoms with van der Waals surface area (Å²) in [6.07, 6.45) is 0.517. The van der Waals surface area contributed by atoms with E-state index in [1.165, 1.54) is 0 Å². The molecule has 218 valence electrons. The van der Waals surface area contributed by atoms with Gasteiger partial charge in [-0.3, -0.25) is 4.90 Å². The van der Waals surface area contributed by atoms with Crippen LogP contribution in [0.4, 0.5) is 0 Å². The lowest BCUT2D eigenvalue weighted by atomic mass is 9.82. The first-order valence-corrected chi connectivity index (χ1v) is 17.0. The van der Waals surface area contributed by atoms with Gasteiger partial charge < -0.3 is 28.1 Å². The van der Waals surface area contributed by atoms with E-state index in [2.05, 4.69) is 42.7 Å². The Morgan fingerprint density at radius 2 is 1.41 bits per heavy atom. The summed E-state index contributed by atoms with van der Waals surface area (Å²) < 4.78 is 35.1. The molecular weight excluding hydrogens is 536 g/mol. The fourth-order valence-electron chi connectivity index (χ4n) is 5.50. The van der Waals surface area contributed by atoms with E-state index in [1.807, 2.05) is 42.5 Å². The van der Waals surface area contributed by atoms with Crippen LogP contribution >= 0.6 is 0 Å². The molecule has 0 saturated heterocycles. The quantitative estimate of drug-likeness (QED) is 0.251. The molecule has 3 aromatic rings. The lowest BCUT2D eigenvalue weighted by Gasteiger charge is -2.46. The second-order valence-electron chi connectivity index (χ2n) is 10.9. The highest BCUT2D eigenvalue weighted by Gasteiger charge is 2.42. The molecule has 9 heteroatoms. The van der Waals surface area contributed by atoms with Gasteiger partial charge in [0, 0.05) is 6.42 Å². The van der Waals surface area contributed by atoms with Gasteiger partial charge in [-0.15, -0.1) is 0 Å². The molecule has 8 nitrogen and oxygen atoms in total. The van der Waals surface area contributed by atoms with Gasteiger partial charge in [-0.25, -0.2) is 0 Å². The Kier molecular flexibility index (Phi) is 9.48. The maximum absolute atomic E-state index is 10.6. The molecule has 0 fully saturated rings. The average molecular weight is 577 g/mol. The van der Waals surface area contributed by atoms with E-state index in [0.29, 0.717) is 41.8 Å². The molecule has 0 spiro atoms. The topological polar surface area (TPSA) is 82.4 Å². The number of ether oxygens (including phenoxy) is 5. The summed E-state index contributed by atoms with van der Waals surface area (Å²) in [7, 11) is 6.16. The Labute approximate surface area is 244 Å². The minimum absolute atomic E-state index is 0.210. The molecular formula is C32H40N2O6Si. The summed E-state index contributed by atoms with van der Waals surface area (Å²) in [6.45, 7) is 6.98. The molecule has 41 heavy (non-hydrogen) atoms. The molecule has 0 N–H and O–H groups in total. The van der Waals surface area contributed by atoms with Gasteiger partial charge in [0.2, 0.25) is 5.75 Å². The monoisotopic (exact) mass is 576 g/mol. The standard InChI is InChI=1S/C32H40N2O6Si/c1-35-27-15-22-14-24(19-33)34(26(20-40-41(6,7)8)21-12-10-9-11-13-21)31(25(22)18-28(27)36-2)23-16-29(37-3)32(39-5)30(17-23)38-4/h9-13,15-18,24,26,31H,14,20H2,1-8H3/t24?,26-,31-/m0/s1. The van der Waals surface area contributed by atoms with Gasteiger partial charge in [0.05, 0.1) is 60.3 Å². The van der Waals surface area contributed by atoms with Gasteiger partial charge in [0.1, 0.15) is 6.04 Å². The van der Waals surface area contributed by atoms with Crippen molar-refractivity contribution in [2.24, 2.45) is 0 Å². The number of fused-ring (bicyclic) bond motifs is 1. The molecule has 3 aromatic carbocycles. The Morgan fingerprint density at radius 3 is 1.93 bits per heavy atom. The Morgan fingerprint density at radius 1 is 0.829 bits per heavy atom. The SMILES string of the molecule is COc1cc2c(cc1OC)[C@H](c1cc(OC)c(OC)c(OC)c1)N([C@@H](CO[Si](C)(C)C)c1ccccc1)C(C#N)C2. The van der Waals surface area contributed by atoms with Crippen molar-refractivity contribution in [3.8, 4) is 34.8 Å². The van der Waals surface area contributed by atoms with Gasteiger partial charge in [0.15, 0.2) is 31.3 Å². The first-order valence-electron chi connectivity index (χ1n) is 13.6. The maximum atomic E-state index is 10.6. The molecule has 0 saturated carbocycles. The van der Waals surface area contributed by atoms with Crippen LogP contribution in [0.15, 0.2) is 54.6 Å². The Balaban J connectivity index is 2.03. The molecule has 3 atom stereocenters. The number of nitrogens with zero attached hydrogens (tertiary/aromatic N) is 2. The predicted octanol–water partition coefficient (Wildman–Crippen LogP) is 6.16. The lowest BCUT2D eigenvalue weighted by molar-refractivity contribution is 0.0711. The van der Waals surface area contributed by atoms with Crippen molar-refractivity contribution in [1.29, 1.82) is 5.26 Å². The number of methoxy groups -OCH3 is 5. The molecule has 4 rings (SSSR count). The maximum Gasteiger partial charge on any atom is 0.203 e. The van der Waals surface area contributed by atoms with Crippen LogP contribution in [0, 0.1) is 11.3 Å². The van der Waals surface area contributed by atoms with E-state index in [9.17, 15) is 5.26 Å². The second-order valence-corrected chi connectivity index (χ2v) is 15.4. The van der Waals surface area contributed by atoms with Gasteiger partial charge >= 0.3 is 0 Å². The van der Waals surface area contributed by atoms with Crippen LogP contribution in [-0.2, 0) is 10.8 Å². The van der Waals surface area contributed by atoms with Crippen molar-refractivity contribution in [1.82, 2.24) is 4.90 Å². The lowest BCUT2D eigenvalue weighted by Crippen LogP contribution is -2.47. The average Bonchev–Trinajstić information content (AvgIpc) is 2.98. The minimum atomic E-state index is -1.89. The molecule has 0 bridgehead atoms. The number of benzene rings is 3. The summed E-state index contributed by atoms with van der Waals surface area (Å²) in [6, 6.07) is 19.7. The zero-order valence-electron chi connectivity index (χ0n) is 25.2.